The van der Waals surface area contributed by atoms with Crippen LogP contribution in [0.1, 0.15) is 27.5 Å². The highest BCUT2D eigenvalue weighted by Gasteiger charge is 2.24. The number of aromatic nitrogens is 2. The molecule has 0 unspecified atom stereocenters. The second-order valence-electron chi connectivity index (χ2n) is 6.35. The summed E-state index contributed by atoms with van der Waals surface area (Å²) in [4.78, 5) is 27.2. The quantitative estimate of drug-likeness (QED) is 0.660. The average molecular weight is 405 g/mol. The van der Waals surface area contributed by atoms with Crippen LogP contribution in [0.4, 0.5) is 0 Å². The molecule has 136 valence electrons. The Bertz CT molecular complexity index is 857. The fraction of sp³-hybridized carbons (Fsp3) is 0.389. The number of thiazole rings is 2. The molecule has 1 aliphatic heterocycles. The van der Waals surface area contributed by atoms with E-state index < -0.39 is 0 Å². The summed E-state index contributed by atoms with van der Waals surface area (Å²) in [6, 6.07) is 2.06. The number of carbonyl (C=O) groups is 1. The van der Waals surface area contributed by atoms with Crippen LogP contribution in [-0.4, -0.2) is 51.9 Å². The fourth-order valence-electron chi connectivity index (χ4n) is 3.12. The molecular formula is C18H20N4OS3. The van der Waals surface area contributed by atoms with E-state index in [1.807, 2.05) is 22.7 Å². The van der Waals surface area contributed by atoms with Crippen molar-refractivity contribution in [1.82, 2.24) is 19.8 Å². The van der Waals surface area contributed by atoms with Gasteiger partial charge in [-0.05, 0) is 24.8 Å². The number of carbonyl (C=O) groups excluding carboxylic acids is 1. The summed E-state index contributed by atoms with van der Waals surface area (Å²) < 4.78 is 0. The van der Waals surface area contributed by atoms with Crippen LogP contribution in [-0.2, 0) is 6.54 Å². The van der Waals surface area contributed by atoms with Gasteiger partial charge in [0.1, 0.15) is 9.88 Å². The van der Waals surface area contributed by atoms with Crippen LogP contribution in [0.15, 0.2) is 27.7 Å². The lowest BCUT2D eigenvalue weighted by Gasteiger charge is -2.21. The van der Waals surface area contributed by atoms with Crippen molar-refractivity contribution in [3.8, 4) is 10.6 Å². The van der Waals surface area contributed by atoms with E-state index in [0.29, 0.717) is 0 Å². The van der Waals surface area contributed by atoms with Crippen LogP contribution in [0, 0.1) is 6.92 Å². The molecule has 0 aliphatic carbocycles. The van der Waals surface area contributed by atoms with Gasteiger partial charge >= 0.3 is 0 Å². The fourth-order valence-corrected chi connectivity index (χ4v) is 5.42. The molecule has 5 nitrogen and oxygen atoms in total. The Hall–Kier alpha value is -1.61. The summed E-state index contributed by atoms with van der Waals surface area (Å²) in [6.45, 7) is 6.26. The standard InChI is InChI=1S/C18H20N4OS3/c1-13-16(26-17(20-13)14-3-8-24-10-14)18(23)22-5-2-4-21(6-7-22)9-15-11-25-12-19-15/h3,8,10-12H,2,4-7,9H2,1H3. The smallest absolute Gasteiger partial charge is 0.265 e. The molecule has 1 aliphatic rings. The summed E-state index contributed by atoms with van der Waals surface area (Å²) in [7, 11) is 0. The zero-order valence-electron chi connectivity index (χ0n) is 14.6. The van der Waals surface area contributed by atoms with Crippen molar-refractivity contribution in [3.63, 3.8) is 0 Å². The molecule has 1 fully saturated rings. The maximum Gasteiger partial charge on any atom is 0.265 e. The molecule has 0 radical (unpaired) electrons. The van der Waals surface area contributed by atoms with Gasteiger partial charge in [0.25, 0.3) is 5.91 Å². The molecule has 4 heterocycles. The second-order valence-corrected chi connectivity index (χ2v) is 8.85. The van der Waals surface area contributed by atoms with Crippen LogP contribution in [0.2, 0.25) is 0 Å². The maximum absolute atomic E-state index is 13.0. The molecule has 0 N–H and O–H groups in total. The molecule has 4 rings (SSSR count). The first-order valence-electron chi connectivity index (χ1n) is 8.59. The van der Waals surface area contributed by atoms with Gasteiger partial charge in [0.15, 0.2) is 0 Å². The average Bonchev–Trinajstić information content (AvgIpc) is 3.36. The van der Waals surface area contributed by atoms with E-state index in [1.165, 1.54) is 11.3 Å². The minimum atomic E-state index is 0.122. The van der Waals surface area contributed by atoms with Gasteiger partial charge in [-0.25, -0.2) is 9.97 Å². The minimum absolute atomic E-state index is 0.122. The van der Waals surface area contributed by atoms with Crippen molar-refractivity contribution in [2.75, 3.05) is 26.2 Å². The lowest BCUT2D eigenvalue weighted by molar-refractivity contribution is 0.0765. The van der Waals surface area contributed by atoms with Crippen LogP contribution in [0.3, 0.4) is 0 Å². The van der Waals surface area contributed by atoms with E-state index >= 15 is 0 Å². The van der Waals surface area contributed by atoms with Crippen molar-refractivity contribution in [2.24, 2.45) is 0 Å². The SMILES string of the molecule is Cc1nc(-c2ccsc2)sc1C(=O)N1CCCN(Cc2cscn2)CC1. The normalized spacial score (nSPS) is 16.0. The van der Waals surface area contributed by atoms with Gasteiger partial charge in [-0.1, -0.05) is 0 Å². The third-order valence-corrected chi connectivity index (χ3v) is 7.02. The minimum Gasteiger partial charge on any atom is -0.337 e. The van der Waals surface area contributed by atoms with Gasteiger partial charge in [0, 0.05) is 49.0 Å². The van der Waals surface area contributed by atoms with E-state index in [1.54, 1.807) is 22.7 Å². The lowest BCUT2D eigenvalue weighted by atomic mass is 10.3. The Labute approximate surface area is 165 Å². The number of thiophene rings is 1. The van der Waals surface area contributed by atoms with Crippen LogP contribution in [0.5, 0.6) is 0 Å². The van der Waals surface area contributed by atoms with Gasteiger partial charge in [-0.15, -0.1) is 22.7 Å². The van der Waals surface area contributed by atoms with E-state index in [-0.39, 0.29) is 5.91 Å². The molecule has 0 spiro atoms. The molecular weight excluding hydrogens is 384 g/mol. The Morgan fingerprint density at radius 1 is 1.19 bits per heavy atom. The highest BCUT2D eigenvalue weighted by molar-refractivity contribution is 7.17. The number of hydrogen-bond acceptors (Lipinski definition) is 7. The van der Waals surface area contributed by atoms with Gasteiger partial charge in [-0.2, -0.15) is 11.3 Å². The molecule has 0 saturated carbocycles. The van der Waals surface area contributed by atoms with Crippen molar-refractivity contribution >= 4 is 39.9 Å². The summed E-state index contributed by atoms with van der Waals surface area (Å²) in [5.74, 6) is 0.122. The van der Waals surface area contributed by atoms with Crippen LogP contribution >= 0.6 is 34.0 Å². The summed E-state index contributed by atoms with van der Waals surface area (Å²) >= 11 is 4.80. The van der Waals surface area contributed by atoms with Crippen molar-refractivity contribution in [2.45, 2.75) is 19.9 Å². The first-order valence-corrected chi connectivity index (χ1v) is 11.3. The Balaban J connectivity index is 1.43. The summed E-state index contributed by atoms with van der Waals surface area (Å²) in [6.07, 6.45) is 0.991. The molecule has 0 bridgehead atoms. The predicted octanol–water partition coefficient (Wildman–Crippen LogP) is 3.98. The van der Waals surface area contributed by atoms with E-state index in [0.717, 1.165) is 66.0 Å². The summed E-state index contributed by atoms with van der Waals surface area (Å²) in [5, 5.41) is 7.15. The first-order chi connectivity index (χ1) is 12.7. The zero-order chi connectivity index (χ0) is 17.9. The van der Waals surface area contributed by atoms with Crippen LogP contribution in [0.25, 0.3) is 10.6 Å². The molecule has 8 heteroatoms. The van der Waals surface area contributed by atoms with Gasteiger partial charge in [0.05, 0.1) is 16.9 Å². The maximum atomic E-state index is 13.0. The third kappa shape index (κ3) is 3.88. The van der Waals surface area contributed by atoms with Crippen LogP contribution < -0.4 is 0 Å². The van der Waals surface area contributed by atoms with Gasteiger partial charge < -0.3 is 4.90 Å². The molecule has 1 amide bonds. The number of amides is 1. The van der Waals surface area contributed by atoms with E-state index in [4.69, 9.17) is 0 Å². The highest BCUT2D eigenvalue weighted by Crippen LogP contribution is 2.30. The molecule has 26 heavy (non-hydrogen) atoms. The Kier molecular flexibility index (Phi) is 5.44. The Morgan fingerprint density at radius 2 is 2.12 bits per heavy atom. The Morgan fingerprint density at radius 3 is 2.88 bits per heavy atom. The largest absolute Gasteiger partial charge is 0.337 e. The monoisotopic (exact) mass is 404 g/mol. The molecule has 1 saturated heterocycles. The predicted molar refractivity (Wildman–Crippen MR) is 108 cm³/mol. The number of aryl methyl sites for hydroxylation is 1. The highest BCUT2D eigenvalue weighted by atomic mass is 32.1. The number of rotatable bonds is 4. The molecule has 3 aromatic heterocycles. The molecule has 0 aromatic carbocycles. The number of nitrogens with zero attached hydrogens (tertiary/aromatic N) is 4. The third-order valence-electron chi connectivity index (χ3n) is 4.50. The van der Waals surface area contributed by atoms with Gasteiger partial charge in [0.2, 0.25) is 0 Å². The van der Waals surface area contributed by atoms with Gasteiger partial charge in [-0.3, -0.25) is 9.69 Å². The lowest BCUT2D eigenvalue weighted by Crippen LogP contribution is -2.35. The van der Waals surface area contributed by atoms with Crippen molar-refractivity contribution in [3.05, 3.63) is 44.0 Å². The molecule has 0 atom stereocenters. The zero-order valence-corrected chi connectivity index (χ0v) is 17.0. The van der Waals surface area contributed by atoms with E-state index in [9.17, 15) is 4.79 Å². The van der Waals surface area contributed by atoms with Crippen molar-refractivity contribution < 1.29 is 4.79 Å². The summed E-state index contributed by atoms with van der Waals surface area (Å²) in [5.41, 5.74) is 4.94. The first kappa shape index (κ1) is 17.8. The topological polar surface area (TPSA) is 49.3 Å². The van der Waals surface area contributed by atoms with Crippen molar-refractivity contribution in [1.29, 1.82) is 0 Å². The van der Waals surface area contributed by atoms with E-state index in [2.05, 4.69) is 31.7 Å². The second kappa shape index (κ2) is 7.96. The molecule has 3 aromatic rings. The number of hydrogen-bond donors (Lipinski definition) is 0.